The molecule has 1 saturated carbocycles. The van der Waals surface area contributed by atoms with E-state index in [-0.39, 0.29) is 11.0 Å². The van der Waals surface area contributed by atoms with Gasteiger partial charge in [0.15, 0.2) is 9.84 Å². The van der Waals surface area contributed by atoms with Crippen molar-refractivity contribution in [3.05, 3.63) is 0 Å². The lowest BCUT2D eigenvalue weighted by Crippen LogP contribution is -2.35. The van der Waals surface area contributed by atoms with Crippen LogP contribution in [0.1, 0.15) is 58.8 Å². The Balaban J connectivity index is 2.25. The van der Waals surface area contributed by atoms with Crippen LogP contribution in [0.2, 0.25) is 0 Å². The molecule has 1 rings (SSSR count). The third kappa shape index (κ3) is 5.87. The Morgan fingerprint density at radius 3 is 2.12 bits per heavy atom. The third-order valence-corrected chi connectivity index (χ3v) is 5.85. The van der Waals surface area contributed by atoms with E-state index in [1.807, 2.05) is 0 Å². The molecular formula is C13H27NO2S. The van der Waals surface area contributed by atoms with Crippen molar-refractivity contribution in [2.75, 3.05) is 12.3 Å². The summed E-state index contributed by atoms with van der Waals surface area (Å²) in [6.07, 6.45) is 9.03. The minimum Gasteiger partial charge on any atom is -0.313 e. The van der Waals surface area contributed by atoms with Crippen molar-refractivity contribution in [2.24, 2.45) is 0 Å². The summed E-state index contributed by atoms with van der Waals surface area (Å²) in [6.45, 7) is 4.13. The van der Waals surface area contributed by atoms with Gasteiger partial charge in [-0.05, 0) is 26.7 Å². The lowest BCUT2D eigenvalue weighted by molar-refractivity contribution is 0.396. The van der Waals surface area contributed by atoms with E-state index in [1.165, 1.54) is 44.9 Å². The lowest BCUT2D eigenvalue weighted by Gasteiger charge is -2.21. The van der Waals surface area contributed by atoms with Gasteiger partial charge in [-0.2, -0.15) is 0 Å². The molecule has 0 bridgehead atoms. The fraction of sp³-hybridized carbons (Fsp3) is 1.00. The fourth-order valence-corrected chi connectivity index (χ4v) is 3.18. The predicted octanol–water partition coefficient (Wildman–Crippen LogP) is 2.51. The predicted molar refractivity (Wildman–Crippen MR) is 73.0 cm³/mol. The highest BCUT2D eigenvalue weighted by atomic mass is 32.2. The number of hydrogen-bond donors (Lipinski definition) is 1. The molecule has 0 spiro atoms. The van der Waals surface area contributed by atoms with Crippen LogP contribution in [0.4, 0.5) is 0 Å². The van der Waals surface area contributed by atoms with Crippen LogP contribution in [0, 0.1) is 0 Å². The standard InChI is InChI=1S/C13H27NO2S/c1-12(2)17(15,16)11-10-14-13-8-6-4-3-5-7-9-13/h12-14H,3-11H2,1-2H3. The second-order valence-corrected chi connectivity index (χ2v) is 8.09. The molecule has 1 fully saturated rings. The van der Waals surface area contributed by atoms with Crippen LogP contribution < -0.4 is 5.32 Å². The van der Waals surface area contributed by atoms with Crippen LogP contribution in [0.3, 0.4) is 0 Å². The average Bonchev–Trinajstić information content (AvgIpc) is 2.20. The summed E-state index contributed by atoms with van der Waals surface area (Å²) in [5, 5.41) is 3.17. The number of rotatable bonds is 5. The average molecular weight is 261 g/mol. The molecule has 102 valence electrons. The zero-order chi connectivity index (χ0) is 12.7. The van der Waals surface area contributed by atoms with Gasteiger partial charge in [-0.1, -0.05) is 32.1 Å². The summed E-state index contributed by atoms with van der Waals surface area (Å²) in [7, 11) is -2.88. The first-order chi connectivity index (χ1) is 8.02. The highest BCUT2D eigenvalue weighted by molar-refractivity contribution is 7.92. The molecule has 0 heterocycles. The van der Waals surface area contributed by atoms with E-state index >= 15 is 0 Å². The maximum atomic E-state index is 11.7. The van der Waals surface area contributed by atoms with Crippen molar-refractivity contribution in [1.29, 1.82) is 0 Å². The molecule has 0 unspecified atom stereocenters. The van der Waals surface area contributed by atoms with E-state index in [0.29, 0.717) is 12.6 Å². The summed E-state index contributed by atoms with van der Waals surface area (Å²) in [5.74, 6) is 0.279. The molecule has 1 aliphatic carbocycles. The van der Waals surface area contributed by atoms with Crippen LogP contribution >= 0.6 is 0 Å². The topological polar surface area (TPSA) is 46.2 Å². The molecule has 4 heteroatoms. The normalized spacial score (nSPS) is 20.2. The van der Waals surface area contributed by atoms with Crippen molar-refractivity contribution in [3.63, 3.8) is 0 Å². The molecule has 0 radical (unpaired) electrons. The van der Waals surface area contributed by atoms with Gasteiger partial charge in [0, 0.05) is 12.6 Å². The van der Waals surface area contributed by atoms with Crippen LogP contribution in [0.5, 0.6) is 0 Å². The van der Waals surface area contributed by atoms with Gasteiger partial charge in [-0.3, -0.25) is 0 Å². The van der Waals surface area contributed by atoms with E-state index in [9.17, 15) is 8.42 Å². The first-order valence-corrected chi connectivity index (χ1v) is 8.69. The maximum absolute atomic E-state index is 11.7. The van der Waals surface area contributed by atoms with Crippen molar-refractivity contribution in [3.8, 4) is 0 Å². The number of hydrogen-bond acceptors (Lipinski definition) is 3. The zero-order valence-corrected chi connectivity index (χ0v) is 12.1. The summed E-state index contributed by atoms with van der Waals surface area (Å²) in [4.78, 5) is 0. The highest BCUT2D eigenvalue weighted by Gasteiger charge is 2.17. The van der Waals surface area contributed by atoms with E-state index in [2.05, 4.69) is 5.32 Å². The molecule has 0 atom stereocenters. The van der Waals surface area contributed by atoms with Crippen molar-refractivity contribution < 1.29 is 8.42 Å². The first kappa shape index (κ1) is 15.0. The van der Waals surface area contributed by atoms with Gasteiger partial charge in [0.25, 0.3) is 0 Å². The van der Waals surface area contributed by atoms with E-state index < -0.39 is 9.84 Å². The van der Waals surface area contributed by atoms with Crippen molar-refractivity contribution >= 4 is 9.84 Å². The van der Waals surface area contributed by atoms with Crippen LogP contribution in [0.25, 0.3) is 0 Å². The smallest absolute Gasteiger partial charge is 0.153 e. The summed E-state index contributed by atoms with van der Waals surface area (Å²) in [6, 6.07) is 0.540. The summed E-state index contributed by atoms with van der Waals surface area (Å²) < 4.78 is 23.3. The van der Waals surface area contributed by atoms with Gasteiger partial charge in [0.05, 0.1) is 11.0 Å². The zero-order valence-electron chi connectivity index (χ0n) is 11.2. The van der Waals surface area contributed by atoms with Gasteiger partial charge in [0.2, 0.25) is 0 Å². The van der Waals surface area contributed by atoms with Gasteiger partial charge < -0.3 is 5.32 Å². The molecule has 0 amide bonds. The van der Waals surface area contributed by atoms with Gasteiger partial charge in [-0.25, -0.2) is 8.42 Å². The molecule has 3 nitrogen and oxygen atoms in total. The molecular weight excluding hydrogens is 234 g/mol. The van der Waals surface area contributed by atoms with Crippen LogP contribution in [-0.4, -0.2) is 32.0 Å². The Morgan fingerprint density at radius 2 is 1.59 bits per heavy atom. The minimum absolute atomic E-state index is 0.248. The van der Waals surface area contributed by atoms with Crippen LogP contribution in [0.15, 0.2) is 0 Å². The molecule has 0 saturated heterocycles. The molecule has 0 aromatic rings. The Hall–Kier alpha value is -0.0900. The van der Waals surface area contributed by atoms with E-state index in [1.54, 1.807) is 13.8 Å². The molecule has 17 heavy (non-hydrogen) atoms. The molecule has 1 aliphatic rings. The first-order valence-electron chi connectivity index (χ1n) is 6.97. The number of sulfone groups is 1. The second kappa shape index (κ2) is 7.37. The Kier molecular flexibility index (Phi) is 6.49. The van der Waals surface area contributed by atoms with Crippen molar-refractivity contribution in [1.82, 2.24) is 5.32 Å². The Bertz CT molecular complexity index is 291. The molecule has 0 aliphatic heterocycles. The Morgan fingerprint density at radius 1 is 1.06 bits per heavy atom. The van der Waals surface area contributed by atoms with Gasteiger partial charge >= 0.3 is 0 Å². The highest BCUT2D eigenvalue weighted by Crippen LogP contribution is 2.16. The van der Waals surface area contributed by atoms with Gasteiger partial charge in [-0.15, -0.1) is 0 Å². The number of nitrogens with one attached hydrogen (secondary N) is 1. The monoisotopic (exact) mass is 261 g/mol. The van der Waals surface area contributed by atoms with E-state index in [4.69, 9.17) is 0 Å². The quantitative estimate of drug-likeness (QED) is 0.827. The SMILES string of the molecule is CC(C)S(=O)(=O)CCNC1CCCCCCC1. The van der Waals surface area contributed by atoms with Crippen LogP contribution in [-0.2, 0) is 9.84 Å². The molecule has 0 aromatic carbocycles. The van der Waals surface area contributed by atoms with E-state index in [0.717, 1.165) is 0 Å². The third-order valence-electron chi connectivity index (χ3n) is 3.64. The Labute approximate surface area is 106 Å². The molecule has 1 N–H and O–H groups in total. The molecule has 0 aromatic heterocycles. The summed E-state index contributed by atoms with van der Waals surface area (Å²) in [5.41, 5.74) is 0. The summed E-state index contributed by atoms with van der Waals surface area (Å²) >= 11 is 0. The largest absolute Gasteiger partial charge is 0.313 e. The minimum atomic E-state index is -2.88. The van der Waals surface area contributed by atoms with Crippen molar-refractivity contribution in [2.45, 2.75) is 70.1 Å². The second-order valence-electron chi connectivity index (χ2n) is 5.41. The van der Waals surface area contributed by atoms with Gasteiger partial charge in [0.1, 0.15) is 0 Å². The maximum Gasteiger partial charge on any atom is 0.153 e. The fourth-order valence-electron chi connectivity index (χ4n) is 2.30. The lowest BCUT2D eigenvalue weighted by atomic mass is 9.97.